The van der Waals surface area contributed by atoms with Gasteiger partial charge in [0.1, 0.15) is 6.10 Å². The normalized spacial score (nSPS) is 13.7. The van der Waals surface area contributed by atoms with Crippen molar-refractivity contribution in [3.63, 3.8) is 0 Å². The van der Waals surface area contributed by atoms with Gasteiger partial charge >= 0.3 is 5.97 Å². The number of amides is 1. The Morgan fingerprint density at radius 3 is 1.18 bits per heavy atom. The monoisotopic (exact) mass is 950 g/mol. The third-order valence-electron chi connectivity index (χ3n) is 13.0. The average molecular weight is 951 g/mol. The lowest BCUT2D eigenvalue weighted by atomic mass is 10.0. The third-order valence-corrected chi connectivity index (χ3v) is 13.0. The van der Waals surface area contributed by atoms with Crippen molar-refractivity contribution >= 4 is 11.9 Å². The summed E-state index contributed by atoms with van der Waals surface area (Å²) in [6.07, 6.45) is 71.0. The molecule has 3 N–H and O–H groups in total. The van der Waals surface area contributed by atoms with Gasteiger partial charge in [0.25, 0.3) is 0 Å². The van der Waals surface area contributed by atoms with E-state index in [4.69, 9.17) is 4.74 Å². The van der Waals surface area contributed by atoms with Crippen molar-refractivity contribution in [2.24, 2.45) is 0 Å². The maximum Gasteiger partial charge on any atom is 0.306 e. The summed E-state index contributed by atoms with van der Waals surface area (Å²) in [7, 11) is 0. The summed E-state index contributed by atoms with van der Waals surface area (Å²) in [5.41, 5.74) is 0. The molecule has 0 aliphatic heterocycles. The van der Waals surface area contributed by atoms with Crippen LogP contribution in [-0.2, 0) is 14.3 Å². The number of ether oxygens (including phenoxy) is 1. The van der Waals surface area contributed by atoms with Gasteiger partial charge in [-0.1, -0.05) is 241 Å². The molecule has 0 saturated carbocycles. The summed E-state index contributed by atoms with van der Waals surface area (Å²) >= 11 is 0. The molecule has 0 fully saturated rings. The van der Waals surface area contributed by atoms with Crippen LogP contribution in [0.15, 0.2) is 72.9 Å². The number of allylic oxidation sites excluding steroid dienone is 12. The summed E-state index contributed by atoms with van der Waals surface area (Å²) < 4.78 is 5.94. The minimum atomic E-state index is -0.804. The fourth-order valence-electron chi connectivity index (χ4n) is 8.56. The zero-order valence-electron chi connectivity index (χ0n) is 45.0. The molecule has 3 unspecified atom stereocenters. The molecule has 394 valence electrons. The van der Waals surface area contributed by atoms with Gasteiger partial charge in [0, 0.05) is 6.42 Å². The molecule has 1 amide bonds. The van der Waals surface area contributed by atoms with Crippen LogP contribution in [0.1, 0.15) is 284 Å². The molecule has 0 saturated heterocycles. The summed E-state index contributed by atoms with van der Waals surface area (Å²) in [4.78, 5) is 26.3. The van der Waals surface area contributed by atoms with Crippen LogP contribution in [0.4, 0.5) is 0 Å². The first-order chi connectivity index (χ1) is 33.5. The average Bonchev–Trinajstić information content (AvgIpc) is 3.33. The van der Waals surface area contributed by atoms with E-state index in [1.54, 1.807) is 0 Å². The largest absolute Gasteiger partial charge is 0.462 e. The number of unbranched alkanes of at least 4 members (excludes halogenated alkanes) is 28. The Morgan fingerprint density at radius 1 is 0.426 bits per heavy atom. The summed E-state index contributed by atoms with van der Waals surface area (Å²) in [5, 5.41) is 23.9. The second-order valence-electron chi connectivity index (χ2n) is 19.7. The van der Waals surface area contributed by atoms with Crippen molar-refractivity contribution in [1.29, 1.82) is 0 Å². The van der Waals surface area contributed by atoms with E-state index >= 15 is 0 Å². The lowest BCUT2D eigenvalue weighted by Gasteiger charge is -2.24. The van der Waals surface area contributed by atoms with E-state index in [1.165, 1.54) is 148 Å². The second kappa shape index (κ2) is 55.2. The number of carbonyl (C=O) groups excluding carboxylic acids is 2. The number of hydrogen-bond acceptors (Lipinski definition) is 5. The van der Waals surface area contributed by atoms with Crippen molar-refractivity contribution in [2.45, 2.75) is 302 Å². The van der Waals surface area contributed by atoms with Gasteiger partial charge in [-0.25, -0.2) is 0 Å². The molecule has 6 heteroatoms. The van der Waals surface area contributed by atoms with Crippen LogP contribution in [0.5, 0.6) is 0 Å². The van der Waals surface area contributed by atoms with Crippen molar-refractivity contribution < 1.29 is 24.5 Å². The number of esters is 1. The standard InChI is InChI=1S/C62H111NO5/c1-4-7-10-13-16-19-22-25-28-29-30-31-34-37-40-43-46-49-52-55-62(67)68-58(53-50-47-44-41-38-35-32-26-23-20-17-14-11-8-5-2)56-61(66)63-59(57-64)60(65)54-51-48-45-42-39-36-33-27-24-21-18-15-12-9-6-3/h16-17,19-20,25-26,28,30-32,38,41,58-60,64-65H,4-15,18,21-24,27,29,33-37,39-40,42-57H2,1-3H3,(H,63,66)/b19-16-,20-17-,28-25-,31-30-,32-26-,41-38-. The highest BCUT2D eigenvalue weighted by molar-refractivity contribution is 5.77. The molecular weight excluding hydrogens is 839 g/mol. The molecule has 0 bridgehead atoms. The van der Waals surface area contributed by atoms with Gasteiger partial charge in [0.2, 0.25) is 5.91 Å². The summed E-state index contributed by atoms with van der Waals surface area (Å²) in [6.45, 7) is 6.43. The fraction of sp³-hybridized carbons (Fsp3) is 0.774. The quantitative estimate of drug-likeness (QED) is 0.0321. The number of aliphatic hydroxyl groups is 2. The molecule has 0 radical (unpaired) electrons. The summed E-state index contributed by atoms with van der Waals surface area (Å²) in [5.74, 6) is -0.522. The van der Waals surface area contributed by atoms with E-state index in [2.05, 4.69) is 99.0 Å². The number of carbonyl (C=O) groups is 2. The molecule has 0 heterocycles. The van der Waals surface area contributed by atoms with Gasteiger partial charge in [0.05, 0.1) is 25.2 Å². The number of hydrogen-bond donors (Lipinski definition) is 3. The predicted molar refractivity (Wildman–Crippen MR) is 296 cm³/mol. The first kappa shape index (κ1) is 65.3. The van der Waals surface area contributed by atoms with E-state index in [1.807, 2.05) is 0 Å². The van der Waals surface area contributed by atoms with Gasteiger partial charge in [-0.05, 0) is 103 Å². The third kappa shape index (κ3) is 49.7. The van der Waals surface area contributed by atoms with Gasteiger partial charge in [-0.2, -0.15) is 0 Å². The van der Waals surface area contributed by atoms with Crippen LogP contribution < -0.4 is 5.32 Å². The van der Waals surface area contributed by atoms with Crippen molar-refractivity contribution in [1.82, 2.24) is 5.32 Å². The second-order valence-corrected chi connectivity index (χ2v) is 19.7. The van der Waals surface area contributed by atoms with Crippen LogP contribution in [0.3, 0.4) is 0 Å². The Labute approximate surface area is 421 Å². The molecule has 0 aromatic heterocycles. The van der Waals surface area contributed by atoms with E-state index in [0.717, 1.165) is 89.9 Å². The fourth-order valence-corrected chi connectivity index (χ4v) is 8.56. The van der Waals surface area contributed by atoms with E-state index in [-0.39, 0.29) is 24.9 Å². The Kier molecular flexibility index (Phi) is 53.0. The van der Waals surface area contributed by atoms with Crippen molar-refractivity contribution in [3.05, 3.63) is 72.9 Å². The van der Waals surface area contributed by atoms with Gasteiger partial charge in [-0.3, -0.25) is 9.59 Å². The topological polar surface area (TPSA) is 95.9 Å². The van der Waals surface area contributed by atoms with Crippen molar-refractivity contribution in [2.75, 3.05) is 6.61 Å². The molecule has 0 rings (SSSR count). The highest BCUT2D eigenvalue weighted by atomic mass is 16.5. The Balaban J connectivity index is 4.63. The predicted octanol–water partition coefficient (Wildman–Crippen LogP) is 18.1. The molecule has 0 aromatic carbocycles. The van der Waals surface area contributed by atoms with Crippen LogP contribution in [-0.4, -0.2) is 46.9 Å². The van der Waals surface area contributed by atoms with Gasteiger partial charge < -0.3 is 20.3 Å². The minimum absolute atomic E-state index is 0.0445. The molecule has 3 atom stereocenters. The molecular formula is C62H111NO5. The number of rotatable bonds is 52. The van der Waals surface area contributed by atoms with Gasteiger partial charge in [0.15, 0.2) is 0 Å². The van der Waals surface area contributed by atoms with Crippen molar-refractivity contribution in [3.8, 4) is 0 Å². The number of nitrogens with one attached hydrogen (secondary N) is 1. The van der Waals surface area contributed by atoms with E-state index in [9.17, 15) is 19.8 Å². The highest BCUT2D eigenvalue weighted by Gasteiger charge is 2.24. The first-order valence-corrected chi connectivity index (χ1v) is 29.2. The Bertz CT molecular complexity index is 1250. The van der Waals surface area contributed by atoms with Crippen LogP contribution in [0, 0.1) is 0 Å². The zero-order chi connectivity index (χ0) is 49.5. The lowest BCUT2D eigenvalue weighted by Crippen LogP contribution is -2.46. The maximum atomic E-state index is 13.3. The molecule has 0 aliphatic rings. The molecule has 68 heavy (non-hydrogen) atoms. The lowest BCUT2D eigenvalue weighted by molar-refractivity contribution is -0.151. The Hall–Kier alpha value is -2.70. The van der Waals surface area contributed by atoms with Crippen LogP contribution >= 0.6 is 0 Å². The van der Waals surface area contributed by atoms with E-state index in [0.29, 0.717) is 19.3 Å². The maximum absolute atomic E-state index is 13.3. The van der Waals surface area contributed by atoms with Crippen LogP contribution in [0.25, 0.3) is 0 Å². The number of aliphatic hydroxyl groups excluding tert-OH is 2. The molecule has 6 nitrogen and oxygen atoms in total. The van der Waals surface area contributed by atoms with Crippen LogP contribution in [0.2, 0.25) is 0 Å². The van der Waals surface area contributed by atoms with E-state index < -0.39 is 18.2 Å². The van der Waals surface area contributed by atoms with Gasteiger partial charge in [-0.15, -0.1) is 0 Å². The molecule has 0 aliphatic carbocycles. The summed E-state index contributed by atoms with van der Waals surface area (Å²) in [6, 6.07) is -0.720. The minimum Gasteiger partial charge on any atom is -0.462 e. The SMILES string of the molecule is CCCCC/C=C\C/C=C\C/C=C\CCCCCCCCC(=O)OC(CCCC/C=C\C/C=C\C/C=C\CCCCC)CC(=O)NC(CO)C(O)CCCCCCCCCCCCCCCCC. The highest BCUT2D eigenvalue weighted by Crippen LogP contribution is 2.18. The first-order valence-electron chi connectivity index (χ1n) is 29.2. The Morgan fingerprint density at radius 2 is 0.750 bits per heavy atom. The molecule has 0 aromatic rings. The zero-order valence-corrected chi connectivity index (χ0v) is 45.0. The smallest absolute Gasteiger partial charge is 0.306 e. The molecule has 0 spiro atoms.